The molecule has 0 aliphatic rings. The number of fused-ring (bicyclic) bond motifs is 2. The highest BCUT2D eigenvalue weighted by Crippen LogP contribution is 2.36. The number of amides is 1. The van der Waals surface area contributed by atoms with Gasteiger partial charge in [0, 0.05) is 11.6 Å². The van der Waals surface area contributed by atoms with Gasteiger partial charge in [-0.2, -0.15) is 5.10 Å². The number of H-pyrrole nitrogens is 1. The van der Waals surface area contributed by atoms with E-state index >= 15 is 0 Å². The van der Waals surface area contributed by atoms with Gasteiger partial charge in [-0.3, -0.25) is 14.7 Å². The van der Waals surface area contributed by atoms with E-state index in [9.17, 15) is 22.8 Å². The molecule has 0 fully saturated rings. The zero-order chi connectivity index (χ0) is 31.3. The van der Waals surface area contributed by atoms with Gasteiger partial charge in [-0.15, -0.1) is 0 Å². The zero-order valence-corrected chi connectivity index (χ0v) is 23.7. The van der Waals surface area contributed by atoms with Crippen LogP contribution in [0.25, 0.3) is 44.4 Å². The predicted molar refractivity (Wildman–Crippen MR) is 159 cm³/mol. The number of carbonyl (C=O) groups is 1. The van der Waals surface area contributed by atoms with E-state index in [0.29, 0.717) is 16.6 Å². The SMILES string of the molecule is CC(C)NC(=O)c1ccc(-c2[nH]nc3nc(C(C)c4oc5cccc(F)c5c(=O)c4-c4cccc(F)c4)nc(N)c23)cc1F. The quantitative estimate of drug-likeness (QED) is 0.211. The Kier molecular flexibility index (Phi) is 7.12. The Morgan fingerprint density at radius 2 is 1.70 bits per heavy atom. The summed E-state index contributed by atoms with van der Waals surface area (Å²) >= 11 is 0. The van der Waals surface area contributed by atoms with Crippen LogP contribution in [0.4, 0.5) is 19.0 Å². The fourth-order valence-electron chi connectivity index (χ4n) is 5.12. The molecule has 4 N–H and O–H groups in total. The molecule has 0 aliphatic carbocycles. The van der Waals surface area contributed by atoms with Gasteiger partial charge >= 0.3 is 0 Å². The molecule has 0 bridgehead atoms. The third-order valence-electron chi connectivity index (χ3n) is 7.17. The number of anilines is 1. The number of hydrogen-bond acceptors (Lipinski definition) is 7. The van der Waals surface area contributed by atoms with Crippen molar-refractivity contribution in [2.45, 2.75) is 32.7 Å². The lowest BCUT2D eigenvalue weighted by molar-refractivity contribution is 0.0939. The number of halogens is 3. The van der Waals surface area contributed by atoms with Crippen LogP contribution in [0.3, 0.4) is 0 Å². The predicted octanol–water partition coefficient (Wildman–Crippen LogP) is 6.08. The van der Waals surface area contributed by atoms with E-state index in [-0.39, 0.29) is 56.8 Å². The molecule has 0 spiro atoms. The van der Waals surface area contributed by atoms with Gasteiger partial charge in [0.15, 0.2) is 5.65 Å². The van der Waals surface area contributed by atoms with E-state index in [4.69, 9.17) is 10.2 Å². The number of nitrogens with zero attached hydrogens (tertiary/aromatic N) is 3. The van der Waals surface area contributed by atoms with Crippen molar-refractivity contribution < 1.29 is 22.4 Å². The first-order chi connectivity index (χ1) is 21.0. The van der Waals surface area contributed by atoms with Gasteiger partial charge in [0.05, 0.1) is 28.1 Å². The Balaban J connectivity index is 1.46. The molecule has 1 atom stereocenters. The van der Waals surface area contributed by atoms with Crippen molar-refractivity contribution in [1.29, 1.82) is 0 Å². The summed E-state index contributed by atoms with van der Waals surface area (Å²) in [5.74, 6) is -3.27. The Morgan fingerprint density at radius 3 is 2.43 bits per heavy atom. The van der Waals surface area contributed by atoms with Crippen molar-refractivity contribution in [3.05, 3.63) is 105 Å². The van der Waals surface area contributed by atoms with Gasteiger partial charge in [0.1, 0.15) is 45.8 Å². The molecule has 0 saturated carbocycles. The fourth-order valence-corrected chi connectivity index (χ4v) is 5.12. The molecule has 3 heterocycles. The van der Waals surface area contributed by atoms with Crippen molar-refractivity contribution in [3.8, 4) is 22.4 Å². The highest BCUT2D eigenvalue weighted by atomic mass is 19.1. The van der Waals surface area contributed by atoms with Gasteiger partial charge in [-0.05, 0) is 62.7 Å². The molecule has 6 aromatic rings. The molecule has 222 valence electrons. The molecule has 0 saturated heterocycles. The van der Waals surface area contributed by atoms with Gasteiger partial charge in [0.25, 0.3) is 5.91 Å². The molecule has 1 amide bonds. The molecule has 6 rings (SSSR count). The first-order valence-electron chi connectivity index (χ1n) is 13.7. The standard InChI is InChI=1S/C32H25F3N6O3/c1-14(2)37-32(43)19-11-10-17(13-21(19)35)26-25-29(36)38-30(39-31(25)41-40-26)15(3)28-23(16-6-4-7-18(33)12-16)27(42)24-20(34)8-5-9-22(24)44-28/h4-15H,1-3H3,(H,37,43)(H3,36,38,39,40,41). The number of hydrogen-bond donors (Lipinski definition) is 3. The largest absolute Gasteiger partial charge is 0.459 e. The van der Waals surface area contributed by atoms with Crippen LogP contribution < -0.4 is 16.5 Å². The number of nitrogens with one attached hydrogen (secondary N) is 2. The number of benzene rings is 3. The van der Waals surface area contributed by atoms with Crippen molar-refractivity contribution in [1.82, 2.24) is 25.5 Å². The number of aromatic nitrogens is 4. The maximum atomic E-state index is 14.9. The number of rotatable bonds is 6. The van der Waals surface area contributed by atoms with Crippen molar-refractivity contribution in [2.24, 2.45) is 0 Å². The smallest absolute Gasteiger partial charge is 0.254 e. The Labute approximate surface area is 248 Å². The van der Waals surface area contributed by atoms with Crippen LogP contribution in [0, 0.1) is 17.5 Å². The minimum atomic E-state index is -0.823. The molecule has 3 aromatic carbocycles. The van der Waals surface area contributed by atoms with Crippen LogP contribution in [0.1, 0.15) is 48.6 Å². The van der Waals surface area contributed by atoms with Gasteiger partial charge in [-0.1, -0.05) is 24.3 Å². The van der Waals surface area contributed by atoms with E-state index in [2.05, 4.69) is 25.5 Å². The highest BCUT2D eigenvalue weighted by molar-refractivity contribution is 5.99. The molecule has 1 unspecified atom stereocenters. The summed E-state index contributed by atoms with van der Waals surface area (Å²) in [6.45, 7) is 5.21. The van der Waals surface area contributed by atoms with Crippen LogP contribution in [-0.4, -0.2) is 32.1 Å². The van der Waals surface area contributed by atoms with E-state index < -0.39 is 34.7 Å². The Bertz CT molecular complexity index is 2160. The Morgan fingerprint density at radius 1 is 0.932 bits per heavy atom. The second-order valence-corrected chi connectivity index (χ2v) is 10.6. The van der Waals surface area contributed by atoms with Crippen LogP contribution in [0.2, 0.25) is 0 Å². The van der Waals surface area contributed by atoms with E-state index in [1.807, 2.05) is 0 Å². The van der Waals surface area contributed by atoms with Crippen molar-refractivity contribution in [2.75, 3.05) is 5.73 Å². The molecule has 9 nitrogen and oxygen atoms in total. The molecular formula is C32H25F3N6O3. The first kappa shape index (κ1) is 28.6. The Hall–Kier alpha value is -5.52. The number of nitrogen functional groups attached to an aromatic ring is 1. The molecule has 44 heavy (non-hydrogen) atoms. The van der Waals surface area contributed by atoms with Crippen LogP contribution in [0.5, 0.6) is 0 Å². The molecule has 3 aromatic heterocycles. The van der Waals surface area contributed by atoms with Gasteiger partial charge in [-0.25, -0.2) is 23.1 Å². The maximum Gasteiger partial charge on any atom is 0.254 e. The number of aromatic amines is 1. The third kappa shape index (κ3) is 4.93. The molecular weight excluding hydrogens is 573 g/mol. The topological polar surface area (TPSA) is 140 Å². The van der Waals surface area contributed by atoms with Gasteiger partial charge in [0.2, 0.25) is 5.43 Å². The summed E-state index contributed by atoms with van der Waals surface area (Å²) in [6, 6.07) is 13.3. The monoisotopic (exact) mass is 598 g/mol. The van der Waals surface area contributed by atoms with E-state index in [1.54, 1.807) is 26.8 Å². The molecule has 0 radical (unpaired) electrons. The summed E-state index contributed by atoms with van der Waals surface area (Å²) < 4.78 is 50.0. The lowest BCUT2D eigenvalue weighted by Gasteiger charge is -2.16. The highest BCUT2D eigenvalue weighted by Gasteiger charge is 2.27. The second-order valence-electron chi connectivity index (χ2n) is 10.6. The van der Waals surface area contributed by atoms with Gasteiger partial charge < -0.3 is 15.5 Å². The minimum Gasteiger partial charge on any atom is -0.459 e. The lowest BCUT2D eigenvalue weighted by Crippen LogP contribution is -2.30. The third-order valence-corrected chi connectivity index (χ3v) is 7.17. The van der Waals surface area contributed by atoms with Crippen LogP contribution in [0.15, 0.2) is 69.9 Å². The van der Waals surface area contributed by atoms with E-state index in [1.165, 1.54) is 42.5 Å². The summed E-state index contributed by atoms with van der Waals surface area (Å²) in [5, 5.41) is 9.75. The first-order valence-corrected chi connectivity index (χ1v) is 13.7. The van der Waals surface area contributed by atoms with Crippen molar-refractivity contribution >= 4 is 33.7 Å². The van der Waals surface area contributed by atoms with Crippen molar-refractivity contribution in [3.63, 3.8) is 0 Å². The van der Waals surface area contributed by atoms with Crippen LogP contribution >= 0.6 is 0 Å². The average Bonchev–Trinajstić information content (AvgIpc) is 3.41. The second kappa shape index (κ2) is 11.0. The summed E-state index contributed by atoms with van der Waals surface area (Å²) in [7, 11) is 0. The zero-order valence-electron chi connectivity index (χ0n) is 23.7. The molecule has 12 heteroatoms. The normalized spacial score (nSPS) is 12.2. The van der Waals surface area contributed by atoms with E-state index in [0.717, 1.165) is 12.1 Å². The van der Waals surface area contributed by atoms with Crippen LogP contribution in [-0.2, 0) is 0 Å². The summed E-state index contributed by atoms with van der Waals surface area (Å²) in [4.78, 5) is 35.0. The average molecular weight is 599 g/mol. The maximum absolute atomic E-state index is 14.9. The summed E-state index contributed by atoms with van der Waals surface area (Å²) in [5.41, 5.74) is 6.57. The number of nitrogens with two attached hydrogens (primary N) is 1. The molecule has 0 aliphatic heterocycles. The lowest BCUT2D eigenvalue weighted by atomic mass is 9.95. The number of carbonyl (C=O) groups excluding carboxylic acids is 1. The fraction of sp³-hybridized carbons (Fsp3) is 0.156. The summed E-state index contributed by atoms with van der Waals surface area (Å²) in [6.07, 6.45) is 0. The minimum absolute atomic E-state index is 0.000609.